The maximum atomic E-state index is 8.31. The topological polar surface area (TPSA) is 80.1 Å². The fourth-order valence-electron chi connectivity index (χ4n) is 0. The third-order valence-corrected chi connectivity index (χ3v) is 0. The molecule has 0 bridgehead atoms. The van der Waals surface area contributed by atoms with Gasteiger partial charge in [0.15, 0.2) is 0 Å². The molecule has 3 nitrogen and oxygen atoms in total. The van der Waals surface area contributed by atoms with Crippen molar-refractivity contribution in [1.29, 1.82) is 0 Å². The molecule has 5 heteroatoms. The summed E-state index contributed by atoms with van der Waals surface area (Å²) < 4.78 is 8.31. The third kappa shape index (κ3) is 45.4. The minimum atomic E-state index is 0. The molecule has 0 rings (SSSR count). The van der Waals surface area contributed by atoms with Gasteiger partial charge in [0.2, 0.25) is 0 Å². The van der Waals surface area contributed by atoms with E-state index in [-0.39, 0.29) is 30.7 Å². The van der Waals surface area contributed by atoms with Crippen LogP contribution in [-0.2, 0) is 3.54 Å². The van der Waals surface area contributed by atoms with Crippen molar-refractivity contribution >= 4 is 38.3 Å². The van der Waals surface area contributed by atoms with Gasteiger partial charge in [-0.25, -0.2) is 0 Å². The summed E-state index contributed by atoms with van der Waals surface area (Å²) in [4.78, 5) is 0. The van der Waals surface area contributed by atoms with Crippen molar-refractivity contribution in [3.8, 4) is 0 Å². The van der Waals surface area contributed by atoms with E-state index in [1.165, 1.54) is 0 Å². The molecule has 0 spiro atoms. The molecule has 0 unspecified atom stereocenters. The Morgan fingerprint density at radius 2 is 1.00 bits per heavy atom. The minimum absolute atomic E-state index is 0. The third-order valence-electron chi connectivity index (χ3n) is 0. The van der Waals surface area contributed by atoms with Crippen molar-refractivity contribution in [3.05, 3.63) is 0 Å². The van der Waals surface area contributed by atoms with E-state index in [1.54, 1.807) is 0 Å². The van der Waals surface area contributed by atoms with Crippen LogP contribution in [0.3, 0.4) is 0 Å². The zero-order valence-corrected chi connectivity index (χ0v) is 7.41. The van der Waals surface area contributed by atoms with Gasteiger partial charge in [0, 0.05) is 19.8 Å². The second kappa shape index (κ2) is 80.8. The number of hydrogen-bond donors (Lipinski definition) is 0. The molecule has 5 heavy (non-hydrogen) atoms. The van der Waals surface area contributed by atoms with Crippen molar-refractivity contribution in [2.75, 3.05) is 0 Å². The van der Waals surface area contributed by atoms with Crippen molar-refractivity contribution < 1.29 is 14.5 Å². The standard InChI is InChI=1S/2Ga.2H2O.O/h;;2*1H2;. The molecule has 0 aliphatic carbocycles. The molecule has 0 atom stereocenters. The van der Waals surface area contributed by atoms with E-state index in [2.05, 4.69) is 0 Å². The Morgan fingerprint density at radius 1 is 1.00 bits per heavy atom. The SMILES string of the molecule is O.O.[Ga].[O]=[Ga]. The first-order valence-corrected chi connectivity index (χ1v) is 1.22. The predicted molar refractivity (Wildman–Crippen MR) is 19.4 cm³/mol. The zero-order valence-electron chi connectivity index (χ0n) is 2.56. The summed E-state index contributed by atoms with van der Waals surface area (Å²) in [6, 6.07) is 0. The van der Waals surface area contributed by atoms with E-state index in [9.17, 15) is 0 Å². The molecule has 0 aliphatic heterocycles. The van der Waals surface area contributed by atoms with Gasteiger partial charge in [-0.05, 0) is 0 Å². The molecule has 0 amide bonds. The van der Waals surface area contributed by atoms with Crippen LogP contribution in [0.25, 0.3) is 0 Å². The van der Waals surface area contributed by atoms with Crippen molar-refractivity contribution in [2.24, 2.45) is 0 Å². The Kier molecular flexibility index (Phi) is 608. The van der Waals surface area contributed by atoms with Crippen LogP contribution < -0.4 is 0 Å². The molecule has 0 fully saturated rings. The van der Waals surface area contributed by atoms with Gasteiger partial charge >= 0.3 is 22.1 Å². The fraction of sp³-hybridized carbons (Fsp3) is 0. The molecule has 0 aromatic rings. The van der Waals surface area contributed by atoms with Gasteiger partial charge in [0.05, 0.1) is 0 Å². The van der Waals surface area contributed by atoms with Crippen LogP contribution in [-0.4, -0.2) is 49.3 Å². The van der Waals surface area contributed by atoms with E-state index in [0.29, 0.717) is 18.6 Å². The van der Waals surface area contributed by atoms with Gasteiger partial charge in [-0.15, -0.1) is 0 Å². The molecule has 28 valence electrons. The summed E-state index contributed by atoms with van der Waals surface area (Å²) >= 11 is 0.438. The fourth-order valence-corrected chi connectivity index (χ4v) is 0. The van der Waals surface area contributed by atoms with Gasteiger partial charge in [-0.1, -0.05) is 0 Å². The zero-order chi connectivity index (χ0) is 2.00. The monoisotopic (exact) mass is 190 g/mol. The molecule has 4 N–H and O–H groups in total. The van der Waals surface area contributed by atoms with E-state index in [1.807, 2.05) is 0 Å². The molecule has 4 radical (unpaired) electrons. The summed E-state index contributed by atoms with van der Waals surface area (Å²) in [5.74, 6) is 0. The number of hydrogen-bond acceptors (Lipinski definition) is 1. The summed E-state index contributed by atoms with van der Waals surface area (Å²) in [5, 5.41) is 0. The molecule has 0 saturated carbocycles. The molecule has 0 heterocycles. The first-order chi connectivity index (χ1) is 1.00. The second-order valence-corrected chi connectivity index (χ2v) is 0. The first-order valence-electron chi connectivity index (χ1n) is 0.236. The Morgan fingerprint density at radius 3 is 1.00 bits per heavy atom. The van der Waals surface area contributed by atoms with Gasteiger partial charge in [0.25, 0.3) is 0 Å². The van der Waals surface area contributed by atoms with Crippen LogP contribution >= 0.6 is 0 Å². The molecule has 0 aromatic heterocycles. The quantitative estimate of drug-likeness (QED) is 0.389. The molecular formula is H4Ga2O3. The Labute approximate surface area is 53.0 Å². The Bertz CT molecular complexity index is 4.85. The van der Waals surface area contributed by atoms with Crippen molar-refractivity contribution in [2.45, 2.75) is 0 Å². The summed E-state index contributed by atoms with van der Waals surface area (Å²) in [5.41, 5.74) is 0. The molecule has 0 aromatic carbocycles. The number of rotatable bonds is 0. The maximum absolute atomic E-state index is 8.31. The van der Waals surface area contributed by atoms with Crippen LogP contribution in [0.1, 0.15) is 0 Å². The van der Waals surface area contributed by atoms with Crippen LogP contribution in [0.5, 0.6) is 0 Å². The van der Waals surface area contributed by atoms with Crippen LogP contribution in [0.15, 0.2) is 0 Å². The first kappa shape index (κ1) is 37.6. The summed E-state index contributed by atoms with van der Waals surface area (Å²) in [7, 11) is 0. The summed E-state index contributed by atoms with van der Waals surface area (Å²) in [6.07, 6.45) is 0. The van der Waals surface area contributed by atoms with E-state index in [4.69, 9.17) is 3.54 Å². The van der Waals surface area contributed by atoms with E-state index >= 15 is 0 Å². The van der Waals surface area contributed by atoms with Crippen LogP contribution in [0, 0.1) is 0 Å². The van der Waals surface area contributed by atoms with E-state index in [0.717, 1.165) is 0 Å². The van der Waals surface area contributed by atoms with Crippen molar-refractivity contribution in [1.82, 2.24) is 0 Å². The van der Waals surface area contributed by atoms with Gasteiger partial charge < -0.3 is 11.0 Å². The van der Waals surface area contributed by atoms with Gasteiger partial charge in [0.1, 0.15) is 0 Å². The Balaban J connectivity index is -0.00000000167. The van der Waals surface area contributed by atoms with Crippen LogP contribution in [0.2, 0.25) is 0 Å². The average molecular weight is 191 g/mol. The van der Waals surface area contributed by atoms with E-state index < -0.39 is 0 Å². The van der Waals surface area contributed by atoms with Gasteiger partial charge in [-0.3, -0.25) is 0 Å². The average Bonchev–Trinajstić information content (AvgIpc) is 1.00. The summed E-state index contributed by atoms with van der Waals surface area (Å²) in [6.45, 7) is 0. The predicted octanol–water partition coefficient (Wildman–Crippen LogP) is -2.53. The molecule has 0 saturated heterocycles. The molecule has 0 aliphatic rings. The second-order valence-electron chi connectivity index (χ2n) is 0. The van der Waals surface area contributed by atoms with Crippen LogP contribution in [0.4, 0.5) is 0 Å². The Hall–Kier alpha value is 0.993. The normalized spacial score (nSPS) is 0.600. The van der Waals surface area contributed by atoms with Crippen molar-refractivity contribution in [3.63, 3.8) is 0 Å². The molecular weight excluding hydrogens is 187 g/mol. The van der Waals surface area contributed by atoms with Gasteiger partial charge in [-0.2, -0.15) is 0 Å².